The van der Waals surface area contributed by atoms with Crippen molar-refractivity contribution in [1.29, 1.82) is 0 Å². The largest absolute Gasteiger partial charge is 0.397 e. The van der Waals surface area contributed by atoms with Gasteiger partial charge in [0.25, 0.3) is 5.91 Å². The van der Waals surface area contributed by atoms with E-state index in [0.717, 1.165) is 11.6 Å². The molecular formula is C17H27N3O. The Balaban J connectivity index is 2.06. The summed E-state index contributed by atoms with van der Waals surface area (Å²) in [5.74, 6) is 0.884. The third kappa shape index (κ3) is 3.90. The van der Waals surface area contributed by atoms with Crippen LogP contribution < -0.4 is 11.1 Å². The Labute approximate surface area is 127 Å². The average Bonchev–Trinajstić information content (AvgIpc) is 2.49. The van der Waals surface area contributed by atoms with Crippen LogP contribution >= 0.6 is 0 Å². The lowest BCUT2D eigenvalue weighted by atomic mass is 9.84. The standard InChI is InChI=1S/C17H27N3O/c1-4-12-5-8-14(9-6-12)19-16-11-13(7-10-15(16)18)17(21)20(2)3/h7,10-12,14,19H,4-6,8-9,18H2,1-3H3. The van der Waals surface area contributed by atoms with Gasteiger partial charge < -0.3 is 16.0 Å². The molecule has 1 saturated carbocycles. The highest BCUT2D eigenvalue weighted by atomic mass is 16.2. The molecule has 1 fully saturated rings. The van der Waals surface area contributed by atoms with Crippen LogP contribution in [0.4, 0.5) is 11.4 Å². The minimum Gasteiger partial charge on any atom is -0.397 e. The smallest absolute Gasteiger partial charge is 0.253 e. The Morgan fingerprint density at radius 1 is 1.29 bits per heavy atom. The quantitative estimate of drug-likeness (QED) is 0.836. The van der Waals surface area contributed by atoms with E-state index in [1.165, 1.54) is 32.1 Å². The first-order valence-electron chi connectivity index (χ1n) is 7.89. The Bertz CT molecular complexity index is 491. The highest BCUT2D eigenvalue weighted by molar-refractivity contribution is 5.95. The van der Waals surface area contributed by atoms with Crippen LogP contribution in [0.2, 0.25) is 0 Å². The van der Waals surface area contributed by atoms with Gasteiger partial charge in [-0.3, -0.25) is 4.79 Å². The molecule has 1 aromatic rings. The number of anilines is 2. The fourth-order valence-corrected chi connectivity index (χ4v) is 3.01. The van der Waals surface area contributed by atoms with Crippen molar-refractivity contribution in [3.63, 3.8) is 0 Å². The Hall–Kier alpha value is -1.71. The highest BCUT2D eigenvalue weighted by Gasteiger charge is 2.20. The molecule has 0 aromatic heterocycles. The van der Waals surface area contributed by atoms with Crippen molar-refractivity contribution in [2.24, 2.45) is 5.92 Å². The van der Waals surface area contributed by atoms with Gasteiger partial charge in [0.15, 0.2) is 0 Å². The lowest BCUT2D eigenvalue weighted by Gasteiger charge is -2.29. The molecule has 0 radical (unpaired) electrons. The summed E-state index contributed by atoms with van der Waals surface area (Å²) < 4.78 is 0. The molecule has 0 saturated heterocycles. The van der Waals surface area contributed by atoms with Gasteiger partial charge in [-0.05, 0) is 49.8 Å². The van der Waals surface area contributed by atoms with Crippen LogP contribution in [0.15, 0.2) is 18.2 Å². The summed E-state index contributed by atoms with van der Waals surface area (Å²) in [6.07, 6.45) is 6.21. The number of rotatable bonds is 4. The number of nitrogens with zero attached hydrogens (tertiary/aromatic N) is 1. The molecule has 21 heavy (non-hydrogen) atoms. The van der Waals surface area contributed by atoms with Gasteiger partial charge >= 0.3 is 0 Å². The van der Waals surface area contributed by atoms with Crippen molar-refractivity contribution in [2.75, 3.05) is 25.1 Å². The van der Waals surface area contributed by atoms with E-state index < -0.39 is 0 Å². The molecule has 0 aliphatic heterocycles. The lowest BCUT2D eigenvalue weighted by molar-refractivity contribution is 0.0827. The van der Waals surface area contributed by atoms with E-state index in [0.29, 0.717) is 17.3 Å². The summed E-state index contributed by atoms with van der Waals surface area (Å²) >= 11 is 0. The van der Waals surface area contributed by atoms with E-state index in [4.69, 9.17) is 5.73 Å². The van der Waals surface area contributed by atoms with Crippen molar-refractivity contribution in [2.45, 2.75) is 45.1 Å². The van der Waals surface area contributed by atoms with E-state index >= 15 is 0 Å². The van der Waals surface area contributed by atoms with Crippen LogP contribution in [0, 0.1) is 5.92 Å². The summed E-state index contributed by atoms with van der Waals surface area (Å²) in [5, 5.41) is 3.53. The fraction of sp³-hybridized carbons (Fsp3) is 0.588. The second kappa shape index (κ2) is 6.83. The summed E-state index contributed by atoms with van der Waals surface area (Å²) in [5.41, 5.74) is 8.33. The summed E-state index contributed by atoms with van der Waals surface area (Å²) in [7, 11) is 3.52. The lowest BCUT2D eigenvalue weighted by Crippen LogP contribution is -2.27. The number of carbonyl (C=O) groups is 1. The minimum absolute atomic E-state index is 0.00717. The molecule has 4 nitrogen and oxygen atoms in total. The van der Waals surface area contributed by atoms with Crippen molar-refractivity contribution < 1.29 is 4.79 Å². The van der Waals surface area contributed by atoms with Crippen molar-refractivity contribution in [3.05, 3.63) is 23.8 Å². The number of hydrogen-bond acceptors (Lipinski definition) is 3. The van der Waals surface area contributed by atoms with E-state index in [2.05, 4.69) is 12.2 Å². The molecule has 4 heteroatoms. The number of benzene rings is 1. The van der Waals surface area contributed by atoms with Gasteiger partial charge in [-0.25, -0.2) is 0 Å². The van der Waals surface area contributed by atoms with Crippen LogP contribution in [0.5, 0.6) is 0 Å². The van der Waals surface area contributed by atoms with Crippen LogP contribution in [-0.2, 0) is 0 Å². The van der Waals surface area contributed by atoms with Crippen molar-refractivity contribution >= 4 is 17.3 Å². The Morgan fingerprint density at radius 3 is 2.52 bits per heavy atom. The maximum absolute atomic E-state index is 12.0. The Morgan fingerprint density at radius 2 is 1.95 bits per heavy atom. The van der Waals surface area contributed by atoms with E-state index in [1.807, 2.05) is 12.1 Å². The molecule has 3 N–H and O–H groups in total. The van der Waals surface area contributed by atoms with Crippen LogP contribution in [0.3, 0.4) is 0 Å². The van der Waals surface area contributed by atoms with E-state index in [-0.39, 0.29) is 5.91 Å². The van der Waals surface area contributed by atoms with E-state index in [9.17, 15) is 4.79 Å². The predicted octanol–water partition coefficient (Wildman–Crippen LogP) is 3.35. The molecule has 0 heterocycles. The van der Waals surface area contributed by atoms with Crippen molar-refractivity contribution in [1.82, 2.24) is 4.90 Å². The van der Waals surface area contributed by atoms with Gasteiger partial charge in [-0.1, -0.05) is 13.3 Å². The van der Waals surface area contributed by atoms with Gasteiger partial charge in [0.2, 0.25) is 0 Å². The van der Waals surface area contributed by atoms with Crippen molar-refractivity contribution in [3.8, 4) is 0 Å². The number of nitrogens with one attached hydrogen (secondary N) is 1. The summed E-state index contributed by atoms with van der Waals surface area (Å²) in [6, 6.07) is 5.96. The number of nitrogen functional groups attached to an aromatic ring is 1. The molecule has 1 aliphatic rings. The second-order valence-corrected chi connectivity index (χ2v) is 6.27. The van der Waals surface area contributed by atoms with Gasteiger partial charge in [0.05, 0.1) is 11.4 Å². The normalized spacial score (nSPS) is 21.9. The Kier molecular flexibility index (Phi) is 5.10. The molecule has 2 rings (SSSR count). The first kappa shape index (κ1) is 15.7. The third-order valence-corrected chi connectivity index (χ3v) is 4.49. The molecule has 0 spiro atoms. The third-order valence-electron chi connectivity index (χ3n) is 4.49. The molecule has 0 unspecified atom stereocenters. The monoisotopic (exact) mass is 289 g/mol. The molecule has 1 amide bonds. The number of hydrogen-bond donors (Lipinski definition) is 2. The first-order chi connectivity index (χ1) is 10.0. The number of amides is 1. The molecule has 116 valence electrons. The van der Waals surface area contributed by atoms with Gasteiger partial charge in [-0.2, -0.15) is 0 Å². The van der Waals surface area contributed by atoms with Crippen LogP contribution in [-0.4, -0.2) is 30.9 Å². The SMILES string of the molecule is CCC1CCC(Nc2cc(C(=O)N(C)C)ccc2N)CC1. The molecule has 1 aliphatic carbocycles. The topological polar surface area (TPSA) is 58.4 Å². The van der Waals surface area contributed by atoms with E-state index in [1.54, 1.807) is 25.1 Å². The molecular weight excluding hydrogens is 262 g/mol. The maximum atomic E-state index is 12.0. The fourth-order valence-electron chi connectivity index (χ4n) is 3.01. The molecule has 0 bridgehead atoms. The van der Waals surface area contributed by atoms with Gasteiger partial charge in [-0.15, -0.1) is 0 Å². The summed E-state index contributed by atoms with van der Waals surface area (Å²) in [4.78, 5) is 13.6. The van der Waals surface area contributed by atoms with Crippen LogP contribution in [0.1, 0.15) is 49.4 Å². The van der Waals surface area contributed by atoms with Gasteiger partial charge in [0, 0.05) is 25.7 Å². The zero-order valence-electron chi connectivity index (χ0n) is 13.4. The zero-order valence-corrected chi connectivity index (χ0v) is 13.4. The first-order valence-corrected chi connectivity index (χ1v) is 7.89. The molecule has 0 atom stereocenters. The summed E-state index contributed by atoms with van der Waals surface area (Å²) in [6.45, 7) is 2.27. The minimum atomic E-state index is 0.00717. The zero-order chi connectivity index (χ0) is 15.4. The second-order valence-electron chi connectivity index (χ2n) is 6.27. The number of carbonyl (C=O) groups excluding carboxylic acids is 1. The highest BCUT2D eigenvalue weighted by Crippen LogP contribution is 2.30. The maximum Gasteiger partial charge on any atom is 0.253 e. The van der Waals surface area contributed by atoms with Crippen LogP contribution in [0.25, 0.3) is 0 Å². The molecule has 1 aromatic carbocycles. The van der Waals surface area contributed by atoms with Gasteiger partial charge in [0.1, 0.15) is 0 Å². The predicted molar refractivity (Wildman–Crippen MR) is 88.5 cm³/mol. The number of nitrogens with two attached hydrogens (primary N) is 1. The average molecular weight is 289 g/mol.